The van der Waals surface area contributed by atoms with E-state index >= 15 is 0 Å². The van der Waals surface area contributed by atoms with Gasteiger partial charge in [-0.1, -0.05) is 36.4 Å². The van der Waals surface area contributed by atoms with Crippen LogP contribution < -0.4 is 5.73 Å². The predicted molar refractivity (Wildman–Crippen MR) is 96.0 cm³/mol. The predicted octanol–water partition coefficient (Wildman–Crippen LogP) is 3.85. The Bertz CT molecular complexity index is 796. The van der Waals surface area contributed by atoms with E-state index in [0.29, 0.717) is 19.0 Å². The van der Waals surface area contributed by atoms with Crippen LogP contribution >= 0.6 is 0 Å². The third-order valence-corrected chi connectivity index (χ3v) is 5.85. The number of primary amides is 1. The maximum absolute atomic E-state index is 14.5. The average Bonchev–Trinajstić information content (AvgIpc) is 2.79. The van der Waals surface area contributed by atoms with Crippen LogP contribution in [0.1, 0.15) is 41.0 Å². The summed E-state index contributed by atoms with van der Waals surface area (Å²) in [5, 5.41) is 0. The molecule has 0 saturated carbocycles. The van der Waals surface area contributed by atoms with Crippen molar-refractivity contribution in [3.8, 4) is 0 Å². The Kier molecular flexibility index (Phi) is 4.20. The minimum Gasteiger partial charge on any atom is -0.351 e. The first-order valence-corrected chi connectivity index (χ1v) is 9.04. The summed E-state index contributed by atoms with van der Waals surface area (Å²) in [6.45, 7) is 1.37. The van der Waals surface area contributed by atoms with E-state index in [-0.39, 0.29) is 17.8 Å². The molecule has 2 amide bonds. The maximum atomic E-state index is 14.5. The molecule has 1 atom stereocenters. The number of aryl methyl sites for hydroxylation is 1. The van der Waals surface area contributed by atoms with Crippen molar-refractivity contribution in [2.24, 2.45) is 11.7 Å². The molecule has 0 spiro atoms. The lowest BCUT2D eigenvalue weighted by Gasteiger charge is -2.36. The summed E-state index contributed by atoms with van der Waals surface area (Å²) in [6.07, 6.45) is 3.42. The minimum atomic E-state index is -0.342. The van der Waals surface area contributed by atoms with Crippen LogP contribution in [0.15, 0.2) is 42.5 Å². The van der Waals surface area contributed by atoms with Crippen molar-refractivity contribution in [1.82, 2.24) is 4.90 Å². The van der Waals surface area contributed by atoms with Crippen molar-refractivity contribution < 1.29 is 9.18 Å². The van der Waals surface area contributed by atoms with Gasteiger partial charge in [-0.05, 0) is 59.9 Å². The van der Waals surface area contributed by atoms with E-state index in [1.54, 1.807) is 11.0 Å². The Hall–Kier alpha value is -2.36. The molecule has 25 heavy (non-hydrogen) atoms. The molecule has 2 N–H and O–H groups in total. The van der Waals surface area contributed by atoms with Crippen molar-refractivity contribution in [1.29, 1.82) is 0 Å². The van der Waals surface area contributed by atoms with Gasteiger partial charge in [0.25, 0.3) is 0 Å². The molecule has 1 aliphatic heterocycles. The lowest BCUT2D eigenvalue weighted by molar-refractivity contribution is 0.174. The highest BCUT2D eigenvalue weighted by atomic mass is 19.1. The number of hydrogen-bond acceptors (Lipinski definition) is 1. The second kappa shape index (κ2) is 6.51. The highest BCUT2D eigenvalue weighted by Gasteiger charge is 2.34. The van der Waals surface area contributed by atoms with Gasteiger partial charge in [0.05, 0.1) is 0 Å². The van der Waals surface area contributed by atoms with Crippen molar-refractivity contribution in [2.45, 2.75) is 31.6 Å². The molecular formula is C21H23FN2O. The summed E-state index contributed by atoms with van der Waals surface area (Å²) in [6, 6.07) is 13.7. The number of fused-ring (bicyclic) bond motifs is 2. The molecule has 3 nitrogen and oxygen atoms in total. The molecule has 0 bridgehead atoms. The Morgan fingerprint density at radius 3 is 2.48 bits per heavy atom. The van der Waals surface area contributed by atoms with Crippen LogP contribution in [-0.4, -0.2) is 24.0 Å². The van der Waals surface area contributed by atoms with Gasteiger partial charge in [-0.2, -0.15) is 0 Å². The molecule has 2 aromatic rings. The summed E-state index contributed by atoms with van der Waals surface area (Å²) >= 11 is 0. The van der Waals surface area contributed by atoms with Gasteiger partial charge in [0.15, 0.2) is 0 Å². The van der Waals surface area contributed by atoms with E-state index in [9.17, 15) is 9.18 Å². The van der Waals surface area contributed by atoms with Gasteiger partial charge in [0, 0.05) is 19.0 Å². The number of likely N-dealkylation sites (tertiary alicyclic amines) is 1. The average molecular weight is 338 g/mol. The number of nitrogens with two attached hydrogens (primary N) is 1. The second-order valence-electron chi connectivity index (χ2n) is 7.15. The van der Waals surface area contributed by atoms with Gasteiger partial charge < -0.3 is 10.6 Å². The van der Waals surface area contributed by atoms with Gasteiger partial charge in [-0.3, -0.25) is 0 Å². The van der Waals surface area contributed by atoms with Crippen LogP contribution in [0.5, 0.6) is 0 Å². The van der Waals surface area contributed by atoms with E-state index in [0.717, 1.165) is 36.8 Å². The number of carbonyl (C=O) groups excluding carboxylic acids is 1. The van der Waals surface area contributed by atoms with Crippen LogP contribution in [0.25, 0.3) is 0 Å². The van der Waals surface area contributed by atoms with E-state index in [1.807, 2.05) is 6.07 Å². The molecule has 1 saturated heterocycles. The van der Waals surface area contributed by atoms with Crippen LogP contribution in [0.3, 0.4) is 0 Å². The number of carbonyl (C=O) groups is 1. The smallest absolute Gasteiger partial charge is 0.314 e. The maximum Gasteiger partial charge on any atom is 0.314 e. The monoisotopic (exact) mass is 338 g/mol. The molecule has 0 radical (unpaired) electrons. The first-order valence-electron chi connectivity index (χ1n) is 9.04. The largest absolute Gasteiger partial charge is 0.351 e. The zero-order valence-corrected chi connectivity index (χ0v) is 14.2. The SMILES string of the molecule is NC(=O)N1CCC(C2c3ccccc3CCc3c(F)cccc32)CC1. The second-order valence-corrected chi connectivity index (χ2v) is 7.15. The number of nitrogens with zero attached hydrogens (tertiary/aromatic N) is 1. The van der Waals surface area contributed by atoms with Crippen LogP contribution in [0.2, 0.25) is 0 Å². The van der Waals surface area contributed by atoms with Gasteiger partial charge in [-0.25, -0.2) is 9.18 Å². The lowest BCUT2D eigenvalue weighted by atomic mass is 9.74. The fourth-order valence-electron chi connectivity index (χ4n) is 4.58. The van der Waals surface area contributed by atoms with E-state index in [4.69, 9.17) is 5.73 Å². The number of rotatable bonds is 1. The Labute approximate surface area is 147 Å². The van der Waals surface area contributed by atoms with E-state index in [1.165, 1.54) is 11.1 Å². The number of piperidine rings is 1. The third kappa shape index (κ3) is 2.90. The van der Waals surface area contributed by atoms with Crippen LogP contribution in [0.4, 0.5) is 9.18 Å². The Morgan fingerprint density at radius 2 is 1.72 bits per heavy atom. The molecule has 1 aliphatic carbocycles. The first-order chi connectivity index (χ1) is 12.1. The highest BCUT2D eigenvalue weighted by molar-refractivity contribution is 5.72. The van der Waals surface area contributed by atoms with Crippen molar-refractivity contribution in [3.05, 3.63) is 70.5 Å². The topological polar surface area (TPSA) is 46.3 Å². The molecule has 2 aromatic carbocycles. The number of amides is 2. The van der Waals surface area contributed by atoms with Crippen LogP contribution in [0, 0.1) is 11.7 Å². The van der Waals surface area contributed by atoms with Gasteiger partial charge in [0.2, 0.25) is 0 Å². The summed E-state index contributed by atoms with van der Waals surface area (Å²) in [5.41, 5.74) is 10.1. The highest BCUT2D eigenvalue weighted by Crippen LogP contribution is 2.43. The fraction of sp³-hybridized carbons (Fsp3) is 0.381. The summed E-state index contributed by atoms with van der Waals surface area (Å²) in [7, 11) is 0. The fourth-order valence-corrected chi connectivity index (χ4v) is 4.58. The summed E-state index contributed by atoms with van der Waals surface area (Å²) in [5.74, 6) is 0.500. The molecule has 2 aliphatic rings. The first kappa shape index (κ1) is 16.1. The molecule has 1 unspecified atom stereocenters. The van der Waals surface area contributed by atoms with Crippen LogP contribution in [-0.2, 0) is 12.8 Å². The molecule has 4 heteroatoms. The van der Waals surface area contributed by atoms with Crippen molar-refractivity contribution in [2.75, 3.05) is 13.1 Å². The standard InChI is InChI=1S/C21H23FN2O/c22-19-7-3-6-18-17(19)9-8-14-4-1-2-5-16(14)20(18)15-10-12-24(13-11-15)21(23)25/h1-7,15,20H,8-13H2,(H2,23,25). The number of urea groups is 1. The molecule has 0 aromatic heterocycles. The zero-order valence-electron chi connectivity index (χ0n) is 14.2. The third-order valence-electron chi connectivity index (χ3n) is 5.85. The summed E-state index contributed by atoms with van der Waals surface area (Å²) in [4.78, 5) is 13.1. The number of benzene rings is 2. The molecular weight excluding hydrogens is 315 g/mol. The van der Waals surface area contributed by atoms with E-state index in [2.05, 4.69) is 30.3 Å². The molecule has 130 valence electrons. The van der Waals surface area contributed by atoms with Crippen molar-refractivity contribution in [3.63, 3.8) is 0 Å². The van der Waals surface area contributed by atoms with Crippen molar-refractivity contribution >= 4 is 6.03 Å². The number of halogens is 1. The van der Waals surface area contributed by atoms with Gasteiger partial charge >= 0.3 is 6.03 Å². The number of hydrogen-bond donors (Lipinski definition) is 1. The summed E-state index contributed by atoms with van der Waals surface area (Å²) < 4.78 is 14.5. The normalized spacial score (nSPS) is 20.5. The Morgan fingerprint density at radius 1 is 1.00 bits per heavy atom. The van der Waals surface area contributed by atoms with E-state index < -0.39 is 0 Å². The van der Waals surface area contributed by atoms with Gasteiger partial charge in [0.1, 0.15) is 5.82 Å². The zero-order chi connectivity index (χ0) is 17.4. The minimum absolute atomic E-state index is 0.0927. The Balaban J connectivity index is 1.76. The molecule has 1 heterocycles. The lowest BCUT2D eigenvalue weighted by Crippen LogP contribution is -2.42. The molecule has 4 rings (SSSR count). The molecule has 1 fully saturated rings. The van der Waals surface area contributed by atoms with Gasteiger partial charge in [-0.15, -0.1) is 0 Å². The quantitative estimate of drug-likeness (QED) is 0.843.